The molecule has 0 saturated heterocycles. The second-order valence-electron chi connectivity index (χ2n) is 4.54. The Balaban J connectivity index is 2.55. The van der Waals surface area contributed by atoms with Crippen molar-refractivity contribution in [2.24, 2.45) is 0 Å². The van der Waals surface area contributed by atoms with E-state index in [1.807, 2.05) is 6.07 Å². The van der Waals surface area contributed by atoms with Gasteiger partial charge in [0.2, 0.25) is 0 Å². The maximum absolute atomic E-state index is 9.15. The molecule has 0 radical (unpaired) electrons. The van der Waals surface area contributed by atoms with E-state index in [9.17, 15) is 0 Å². The molecule has 0 amide bonds. The van der Waals surface area contributed by atoms with Gasteiger partial charge >= 0.3 is 0 Å². The van der Waals surface area contributed by atoms with Crippen LogP contribution < -0.4 is 5.32 Å². The highest BCUT2D eigenvalue weighted by Gasteiger charge is 2.12. The predicted molar refractivity (Wildman–Crippen MR) is 73.3 cm³/mol. The average molecular weight is 235 g/mol. The number of nitrogens with one attached hydrogen (secondary N) is 1. The Morgan fingerprint density at radius 1 is 1.12 bits per heavy atom. The molecular formula is C15H25NO. The number of aliphatic hydroxyl groups is 1. The summed E-state index contributed by atoms with van der Waals surface area (Å²) in [4.78, 5) is 0. The molecule has 0 spiro atoms. The van der Waals surface area contributed by atoms with Crippen molar-refractivity contribution in [3.63, 3.8) is 0 Å². The van der Waals surface area contributed by atoms with Crippen molar-refractivity contribution < 1.29 is 5.11 Å². The van der Waals surface area contributed by atoms with Gasteiger partial charge in [-0.05, 0) is 30.7 Å². The van der Waals surface area contributed by atoms with Crippen LogP contribution in [0.3, 0.4) is 0 Å². The van der Waals surface area contributed by atoms with Gasteiger partial charge in [0.25, 0.3) is 0 Å². The fourth-order valence-corrected chi connectivity index (χ4v) is 2.15. The summed E-state index contributed by atoms with van der Waals surface area (Å²) in [5, 5.41) is 12.7. The molecule has 0 aromatic heterocycles. The molecule has 0 aliphatic heterocycles. The van der Waals surface area contributed by atoms with Gasteiger partial charge < -0.3 is 10.4 Å². The van der Waals surface area contributed by atoms with Gasteiger partial charge in [-0.1, -0.05) is 44.2 Å². The second kappa shape index (κ2) is 8.26. The molecular weight excluding hydrogens is 210 g/mol. The van der Waals surface area contributed by atoms with Crippen molar-refractivity contribution >= 4 is 0 Å². The minimum Gasteiger partial charge on any atom is -0.396 e. The normalized spacial score (nSPS) is 12.9. The Kier molecular flexibility index (Phi) is 6.90. The molecule has 1 atom stereocenters. The van der Waals surface area contributed by atoms with Gasteiger partial charge in [0.1, 0.15) is 0 Å². The van der Waals surface area contributed by atoms with Crippen LogP contribution in [0.25, 0.3) is 0 Å². The van der Waals surface area contributed by atoms with E-state index in [-0.39, 0.29) is 6.61 Å². The third kappa shape index (κ3) is 4.88. The van der Waals surface area contributed by atoms with Crippen LogP contribution in [0.15, 0.2) is 30.3 Å². The molecule has 1 rings (SSSR count). The fourth-order valence-electron chi connectivity index (χ4n) is 2.15. The monoisotopic (exact) mass is 235 g/mol. The van der Waals surface area contributed by atoms with Gasteiger partial charge in [0, 0.05) is 19.2 Å². The molecule has 0 aliphatic rings. The van der Waals surface area contributed by atoms with E-state index in [0.717, 1.165) is 25.8 Å². The summed E-state index contributed by atoms with van der Waals surface area (Å²) in [6.45, 7) is 5.64. The molecule has 2 heteroatoms. The summed E-state index contributed by atoms with van der Waals surface area (Å²) in [5.41, 5.74) is 1.32. The summed E-state index contributed by atoms with van der Waals surface area (Å²) in [6, 6.07) is 11.1. The first-order valence-electron chi connectivity index (χ1n) is 6.71. The first-order chi connectivity index (χ1) is 8.31. The Labute approximate surface area is 105 Å². The molecule has 0 heterocycles. The topological polar surface area (TPSA) is 32.3 Å². The Morgan fingerprint density at radius 2 is 1.76 bits per heavy atom. The largest absolute Gasteiger partial charge is 0.396 e. The van der Waals surface area contributed by atoms with Crippen LogP contribution in [0.2, 0.25) is 0 Å². The standard InChI is InChI=1S/C15H25NO/c1-3-15(4-2)16-12-14(10-11-17)13-8-6-5-7-9-13/h5-9,14-17H,3-4,10-12H2,1-2H3. The number of aliphatic hydroxyl groups excluding tert-OH is 1. The molecule has 17 heavy (non-hydrogen) atoms. The van der Waals surface area contributed by atoms with Crippen LogP contribution in [0.5, 0.6) is 0 Å². The van der Waals surface area contributed by atoms with Gasteiger partial charge in [0.15, 0.2) is 0 Å². The fraction of sp³-hybridized carbons (Fsp3) is 0.600. The zero-order chi connectivity index (χ0) is 12.5. The van der Waals surface area contributed by atoms with Crippen molar-refractivity contribution in [1.29, 1.82) is 0 Å². The Morgan fingerprint density at radius 3 is 2.29 bits per heavy atom. The van der Waals surface area contributed by atoms with Crippen LogP contribution in [0.4, 0.5) is 0 Å². The predicted octanol–water partition coefficient (Wildman–Crippen LogP) is 2.93. The van der Waals surface area contributed by atoms with Crippen LogP contribution >= 0.6 is 0 Å². The Bertz CT molecular complexity index is 282. The van der Waals surface area contributed by atoms with Crippen molar-refractivity contribution in [3.05, 3.63) is 35.9 Å². The number of hydrogen-bond donors (Lipinski definition) is 2. The highest BCUT2D eigenvalue weighted by atomic mass is 16.3. The lowest BCUT2D eigenvalue weighted by atomic mass is 9.95. The SMILES string of the molecule is CCC(CC)NCC(CCO)c1ccccc1. The molecule has 1 aromatic carbocycles. The first kappa shape index (κ1) is 14.2. The van der Waals surface area contributed by atoms with Crippen LogP contribution in [0.1, 0.15) is 44.6 Å². The average Bonchev–Trinajstić information content (AvgIpc) is 2.39. The Hall–Kier alpha value is -0.860. The second-order valence-corrected chi connectivity index (χ2v) is 4.54. The van der Waals surface area contributed by atoms with Gasteiger partial charge in [-0.3, -0.25) is 0 Å². The zero-order valence-electron chi connectivity index (χ0n) is 11.0. The van der Waals surface area contributed by atoms with Crippen molar-refractivity contribution in [3.8, 4) is 0 Å². The third-order valence-corrected chi connectivity index (χ3v) is 3.39. The lowest BCUT2D eigenvalue weighted by molar-refractivity contribution is 0.271. The van der Waals surface area contributed by atoms with Crippen LogP contribution in [-0.4, -0.2) is 24.3 Å². The maximum atomic E-state index is 9.15. The number of hydrogen-bond acceptors (Lipinski definition) is 2. The molecule has 1 aromatic rings. The zero-order valence-corrected chi connectivity index (χ0v) is 11.0. The first-order valence-corrected chi connectivity index (χ1v) is 6.71. The minimum absolute atomic E-state index is 0.254. The summed E-state index contributed by atoms with van der Waals surface area (Å²) >= 11 is 0. The van der Waals surface area contributed by atoms with Crippen LogP contribution in [-0.2, 0) is 0 Å². The van der Waals surface area contributed by atoms with Crippen molar-refractivity contribution in [2.45, 2.75) is 45.1 Å². The van der Waals surface area contributed by atoms with E-state index >= 15 is 0 Å². The van der Waals surface area contributed by atoms with E-state index in [1.165, 1.54) is 5.56 Å². The summed E-state index contributed by atoms with van der Waals surface area (Å²) in [7, 11) is 0. The van der Waals surface area contributed by atoms with Crippen molar-refractivity contribution in [1.82, 2.24) is 5.32 Å². The van der Waals surface area contributed by atoms with Gasteiger partial charge in [0.05, 0.1) is 0 Å². The van der Waals surface area contributed by atoms with Gasteiger partial charge in [-0.2, -0.15) is 0 Å². The molecule has 2 nitrogen and oxygen atoms in total. The molecule has 1 unspecified atom stereocenters. The summed E-state index contributed by atoms with van der Waals surface area (Å²) in [6.07, 6.45) is 3.16. The maximum Gasteiger partial charge on any atom is 0.0437 e. The number of rotatable bonds is 8. The third-order valence-electron chi connectivity index (χ3n) is 3.39. The summed E-state index contributed by atoms with van der Waals surface area (Å²) < 4.78 is 0. The van der Waals surface area contributed by atoms with Crippen molar-refractivity contribution in [2.75, 3.05) is 13.2 Å². The summed E-state index contributed by atoms with van der Waals surface area (Å²) in [5.74, 6) is 0.418. The lowest BCUT2D eigenvalue weighted by Gasteiger charge is -2.21. The van der Waals surface area contributed by atoms with E-state index < -0.39 is 0 Å². The van der Waals surface area contributed by atoms with E-state index in [0.29, 0.717) is 12.0 Å². The lowest BCUT2D eigenvalue weighted by Crippen LogP contribution is -2.32. The highest BCUT2D eigenvalue weighted by Crippen LogP contribution is 2.18. The minimum atomic E-state index is 0.254. The quantitative estimate of drug-likeness (QED) is 0.726. The van der Waals surface area contributed by atoms with E-state index in [2.05, 4.69) is 43.4 Å². The van der Waals surface area contributed by atoms with E-state index in [4.69, 9.17) is 5.11 Å². The highest BCUT2D eigenvalue weighted by molar-refractivity contribution is 5.19. The molecule has 0 fully saturated rings. The molecule has 2 N–H and O–H groups in total. The van der Waals surface area contributed by atoms with Crippen LogP contribution in [0, 0.1) is 0 Å². The molecule has 0 bridgehead atoms. The smallest absolute Gasteiger partial charge is 0.0437 e. The molecule has 96 valence electrons. The van der Waals surface area contributed by atoms with E-state index in [1.54, 1.807) is 0 Å². The van der Waals surface area contributed by atoms with Gasteiger partial charge in [-0.15, -0.1) is 0 Å². The number of benzene rings is 1. The molecule has 0 saturated carbocycles. The molecule has 0 aliphatic carbocycles. The van der Waals surface area contributed by atoms with Gasteiger partial charge in [-0.25, -0.2) is 0 Å².